The lowest BCUT2D eigenvalue weighted by atomic mass is 10.0. The predicted octanol–water partition coefficient (Wildman–Crippen LogP) is 5.31. The standard InChI is InChI=1S/C21H16N2/c1-2-6-16-14-23(12-11-15(16)5-1)17-9-10-19-18-7-3-4-8-20(18)22-21(19)13-17/h1-13,22H,14H2. The zero-order valence-corrected chi connectivity index (χ0v) is 12.7. The van der Waals surface area contributed by atoms with E-state index in [1.54, 1.807) is 0 Å². The number of hydrogen-bond donors (Lipinski definition) is 1. The van der Waals surface area contributed by atoms with Crippen LogP contribution in [-0.2, 0) is 6.54 Å². The van der Waals surface area contributed by atoms with Crippen LogP contribution < -0.4 is 4.90 Å². The first-order chi connectivity index (χ1) is 11.4. The van der Waals surface area contributed by atoms with Gasteiger partial charge in [-0.1, -0.05) is 48.5 Å². The molecule has 2 heterocycles. The monoisotopic (exact) mass is 296 g/mol. The highest BCUT2D eigenvalue weighted by Gasteiger charge is 2.13. The van der Waals surface area contributed by atoms with Crippen molar-refractivity contribution in [1.29, 1.82) is 0 Å². The predicted molar refractivity (Wildman–Crippen MR) is 97.5 cm³/mol. The molecule has 0 saturated carbocycles. The Bertz CT molecular complexity index is 1060. The van der Waals surface area contributed by atoms with Crippen molar-refractivity contribution in [2.75, 3.05) is 4.90 Å². The third-order valence-corrected chi connectivity index (χ3v) is 4.65. The molecule has 0 bridgehead atoms. The zero-order chi connectivity index (χ0) is 15.2. The summed E-state index contributed by atoms with van der Waals surface area (Å²) in [5, 5.41) is 2.57. The molecule has 2 heteroatoms. The minimum absolute atomic E-state index is 0.915. The van der Waals surface area contributed by atoms with Gasteiger partial charge in [-0.3, -0.25) is 0 Å². The lowest BCUT2D eigenvalue weighted by Gasteiger charge is -2.25. The molecular formula is C21H16N2. The van der Waals surface area contributed by atoms with E-state index in [0.717, 1.165) is 6.54 Å². The Morgan fingerprint density at radius 3 is 2.61 bits per heavy atom. The number of anilines is 1. The first-order valence-corrected chi connectivity index (χ1v) is 7.92. The van der Waals surface area contributed by atoms with Gasteiger partial charge in [-0.25, -0.2) is 0 Å². The maximum absolute atomic E-state index is 3.53. The zero-order valence-electron chi connectivity index (χ0n) is 12.7. The first-order valence-electron chi connectivity index (χ1n) is 7.92. The van der Waals surface area contributed by atoms with Gasteiger partial charge in [0.25, 0.3) is 0 Å². The number of nitrogens with one attached hydrogen (secondary N) is 1. The molecule has 0 aliphatic carbocycles. The molecule has 0 spiro atoms. The largest absolute Gasteiger partial charge is 0.354 e. The number of aromatic amines is 1. The molecule has 0 saturated heterocycles. The van der Waals surface area contributed by atoms with Gasteiger partial charge in [0, 0.05) is 40.2 Å². The third kappa shape index (κ3) is 1.95. The Kier molecular flexibility index (Phi) is 2.59. The molecule has 3 aromatic carbocycles. The second-order valence-corrected chi connectivity index (χ2v) is 6.04. The summed E-state index contributed by atoms with van der Waals surface area (Å²) in [6.07, 6.45) is 4.36. The average Bonchev–Trinajstić information content (AvgIpc) is 2.99. The van der Waals surface area contributed by atoms with Gasteiger partial charge in [0.05, 0.1) is 0 Å². The van der Waals surface area contributed by atoms with Crippen LogP contribution in [0.2, 0.25) is 0 Å². The molecule has 1 aliphatic heterocycles. The Hall–Kier alpha value is -3.00. The topological polar surface area (TPSA) is 19.0 Å². The van der Waals surface area contributed by atoms with E-state index in [0.29, 0.717) is 0 Å². The number of rotatable bonds is 1. The van der Waals surface area contributed by atoms with Crippen LogP contribution in [0.5, 0.6) is 0 Å². The summed E-state index contributed by atoms with van der Waals surface area (Å²) in [5.74, 6) is 0. The maximum atomic E-state index is 3.53. The molecule has 0 amide bonds. The Morgan fingerprint density at radius 2 is 1.61 bits per heavy atom. The third-order valence-electron chi connectivity index (χ3n) is 4.65. The minimum atomic E-state index is 0.915. The molecule has 1 aliphatic rings. The smallest absolute Gasteiger partial charge is 0.0485 e. The Morgan fingerprint density at radius 1 is 0.783 bits per heavy atom. The fourth-order valence-corrected chi connectivity index (χ4v) is 3.45. The highest BCUT2D eigenvalue weighted by Crippen LogP contribution is 2.31. The number of hydrogen-bond acceptors (Lipinski definition) is 1. The van der Waals surface area contributed by atoms with Gasteiger partial charge in [0.15, 0.2) is 0 Å². The van der Waals surface area contributed by atoms with Crippen molar-refractivity contribution in [2.45, 2.75) is 6.54 Å². The summed E-state index contributed by atoms with van der Waals surface area (Å²) in [7, 11) is 0. The van der Waals surface area contributed by atoms with Gasteiger partial charge in [0.2, 0.25) is 0 Å². The summed E-state index contributed by atoms with van der Waals surface area (Å²) in [5.41, 5.74) is 6.28. The molecule has 1 N–H and O–H groups in total. The van der Waals surface area contributed by atoms with Crippen LogP contribution in [0.3, 0.4) is 0 Å². The average molecular weight is 296 g/mol. The molecule has 1 aromatic heterocycles. The quantitative estimate of drug-likeness (QED) is 0.504. The van der Waals surface area contributed by atoms with E-state index in [1.165, 1.54) is 38.6 Å². The highest BCUT2D eigenvalue weighted by atomic mass is 15.1. The van der Waals surface area contributed by atoms with Crippen molar-refractivity contribution in [2.24, 2.45) is 0 Å². The fraction of sp³-hybridized carbons (Fsp3) is 0.0476. The van der Waals surface area contributed by atoms with Gasteiger partial charge >= 0.3 is 0 Å². The first kappa shape index (κ1) is 12.5. The Labute approximate surface area is 134 Å². The van der Waals surface area contributed by atoms with Crippen LogP contribution in [0.1, 0.15) is 11.1 Å². The fourth-order valence-electron chi connectivity index (χ4n) is 3.45. The van der Waals surface area contributed by atoms with E-state index in [9.17, 15) is 0 Å². The van der Waals surface area contributed by atoms with Gasteiger partial charge < -0.3 is 9.88 Å². The number of nitrogens with zero attached hydrogens (tertiary/aromatic N) is 1. The number of benzene rings is 3. The van der Waals surface area contributed by atoms with E-state index in [1.807, 2.05) is 0 Å². The van der Waals surface area contributed by atoms with E-state index in [-0.39, 0.29) is 0 Å². The Balaban J connectivity index is 1.60. The second kappa shape index (κ2) is 4.75. The van der Waals surface area contributed by atoms with Crippen LogP contribution >= 0.6 is 0 Å². The van der Waals surface area contributed by atoms with Crippen LogP contribution in [0.15, 0.2) is 72.9 Å². The number of para-hydroxylation sites is 1. The van der Waals surface area contributed by atoms with Gasteiger partial charge in [0.1, 0.15) is 0 Å². The lowest BCUT2D eigenvalue weighted by molar-refractivity contribution is 0.955. The van der Waals surface area contributed by atoms with Crippen LogP contribution in [0, 0.1) is 0 Å². The van der Waals surface area contributed by atoms with Crippen molar-refractivity contribution in [3.05, 3.63) is 84.1 Å². The van der Waals surface area contributed by atoms with Crippen LogP contribution in [0.25, 0.3) is 27.9 Å². The number of aromatic nitrogens is 1. The molecular weight excluding hydrogens is 280 g/mol. The lowest BCUT2D eigenvalue weighted by Crippen LogP contribution is -2.18. The molecule has 0 fully saturated rings. The summed E-state index contributed by atoms with van der Waals surface area (Å²) in [4.78, 5) is 5.82. The molecule has 23 heavy (non-hydrogen) atoms. The number of H-pyrrole nitrogens is 1. The van der Waals surface area contributed by atoms with Crippen molar-refractivity contribution in [3.8, 4) is 0 Å². The van der Waals surface area contributed by atoms with Crippen LogP contribution in [-0.4, -0.2) is 4.98 Å². The molecule has 0 unspecified atom stereocenters. The SMILES string of the molecule is C1=CN(c2ccc3c(c2)[nH]c2ccccc23)Cc2ccccc21. The van der Waals surface area contributed by atoms with E-state index >= 15 is 0 Å². The van der Waals surface area contributed by atoms with Crippen LogP contribution in [0.4, 0.5) is 5.69 Å². The van der Waals surface area contributed by atoms with Gasteiger partial charge in [-0.05, 0) is 35.4 Å². The van der Waals surface area contributed by atoms with Crippen molar-refractivity contribution < 1.29 is 0 Å². The van der Waals surface area contributed by atoms with Gasteiger partial charge in [-0.15, -0.1) is 0 Å². The molecule has 110 valence electrons. The summed E-state index contributed by atoms with van der Waals surface area (Å²) in [6.45, 7) is 0.915. The van der Waals surface area contributed by atoms with Crippen molar-refractivity contribution >= 4 is 33.6 Å². The molecule has 0 radical (unpaired) electrons. The molecule has 5 rings (SSSR count). The van der Waals surface area contributed by atoms with Gasteiger partial charge in [-0.2, -0.15) is 0 Å². The number of fused-ring (bicyclic) bond motifs is 4. The maximum Gasteiger partial charge on any atom is 0.0485 e. The molecule has 4 aromatic rings. The van der Waals surface area contributed by atoms with Crippen molar-refractivity contribution in [3.63, 3.8) is 0 Å². The summed E-state index contributed by atoms with van der Waals surface area (Å²) in [6, 6.07) is 23.7. The normalized spacial score (nSPS) is 13.7. The van der Waals surface area contributed by atoms with E-state index < -0.39 is 0 Å². The molecule has 0 atom stereocenters. The minimum Gasteiger partial charge on any atom is -0.354 e. The van der Waals surface area contributed by atoms with E-state index in [2.05, 4.69) is 88.9 Å². The summed E-state index contributed by atoms with van der Waals surface area (Å²) >= 11 is 0. The highest BCUT2D eigenvalue weighted by molar-refractivity contribution is 6.08. The molecule has 2 nitrogen and oxygen atoms in total. The van der Waals surface area contributed by atoms with E-state index in [4.69, 9.17) is 0 Å². The summed E-state index contributed by atoms with van der Waals surface area (Å²) < 4.78 is 0. The second-order valence-electron chi connectivity index (χ2n) is 6.04. The van der Waals surface area contributed by atoms with Crippen molar-refractivity contribution in [1.82, 2.24) is 4.98 Å².